The molecule has 2 aromatic carbocycles. The van der Waals surface area contributed by atoms with Crippen molar-refractivity contribution in [2.75, 3.05) is 32.7 Å². The van der Waals surface area contributed by atoms with E-state index < -0.39 is 11.9 Å². The molecule has 0 radical (unpaired) electrons. The molecule has 8 heteroatoms. The van der Waals surface area contributed by atoms with Crippen LogP contribution in [0.5, 0.6) is 0 Å². The van der Waals surface area contributed by atoms with Gasteiger partial charge < -0.3 is 20.8 Å². The number of aliphatic carboxylic acids is 2. The molecular formula is C25H31N3O5. The first-order valence-electron chi connectivity index (χ1n) is 10.8. The lowest BCUT2D eigenvalue weighted by Crippen LogP contribution is -2.46. The van der Waals surface area contributed by atoms with Crippen LogP contribution in [0, 0.1) is 0 Å². The van der Waals surface area contributed by atoms with Crippen LogP contribution in [0.2, 0.25) is 0 Å². The van der Waals surface area contributed by atoms with E-state index in [0.29, 0.717) is 18.6 Å². The maximum Gasteiger partial charge on any atom is 0.328 e. The molecule has 0 bridgehead atoms. The summed E-state index contributed by atoms with van der Waals surface area (Å²) in [7, 11) is 0. The van der Waals surface area contributed by atoms with Crippen molar-refractivity contribution in [1.29, 1.82) is 0 Å². The summed E-state index contributed by atoms with van der Waals surface area (Å²) < 4.78 is 0. The molecule has 0 saturated carbocycles. The van der Waals surface area contributed by atoms with E-state index >= 15 is 0 Å². The van der Waals surface area contributed by atoms with E-state index in [1.807, 2.05) is 0 Å². The van der Waals surface area contributed by atoms with Crippen molar-refractivity contribution in [2.45, 2.75) is 19.4 Å². The number of piperazine rings is 1. The minimum absolute atomic E-state index is 0.211. The number of hydrogen-bond acceptors (Lipinski definition) is 5. The average molecular weight is 454 g/mol. The van der Waals surface area contributed by atoms with E-state index in [9.17, 15) is 14.4 Å². The maximum atomic E-state index is 10.9. The zero-order chi connectivity index (χ0) is 24.1. The highest BCUT2D eigenvalue weighted by Gasteiger charge is 2.18. The van der Waals surface area contributed by atoms with Crippen LogP contribution < -0.4 is 5.73 Å². The minimum Gasteiger partial charge on any atom is -0.478 e. The van der Waals surface area contributed by atoms with Crippen LogP contribution in [0.4, 0.5) is 0 Å². The van der Waals surface area contributed by atoms with E-state index in [1.165, 1.54) is 16.7 Å². The van der Waals surface area contributed by atoms with E-state index in [4.69, 9.17) is 15.9 Å². The van der Waals surface area contributed by atoms with Crippen molar-refractivity contribution < 1.29 is 24.6 Å². The standard InChI is InChI=1S/C21H27N3O.C4H4O4/c22-21(25)10-11-23-12-14-24(15-13-23)17-20-9-5-4-8-19(20)16-18-6-2-1-3-7-18;5-3(6)1-2-4(7)8/h1-9H,10-17H2,(H2,22,25);1-2H,(H,5,6)(H,7,8)/b;2-1-. The maximum absolute atomic E-state index is 10.9. The third kappa shape index (κ3) is 10.6. The Morgan fingerprint density at radius 3 is 1.85 bits per heavy atom. The Morgan fingerprint density at radius 2 is 1.30 bits per heavy atom. The van der Waals surface area contributed by atoms with Crippen molar-refractivity contribution in [3.8, 4) is 0 Å². The Kier molecular flexibility index (Phi) is 10.8. The van der Waals surface area contributed by atoms with Crippen LogP contribution in [-0.4, -0.2) is 70.6 Å². The van der Waals surface area contributed by atoms with Gasteiger partial charge in [0.05, 0.1) is 0 Å². The molecule has 0 aliphatic carbocycles. The van der Waals surface area contributed by atoms with Crippen LogP contribution in [0.3, 0.4) is 0 Å². The Hall–Kier alpha value is -3.49. The van der Waals surface area contributed by atoms with Crippen LogP contribution in [0.25, 0.3) is 0 Å². The normalized spacial score (nSPS) is 14.4. The highest BCUT2D eigenvalue weighted by molar-refractivity contribution is 5.89. The molecule has 1 saturated heterocycles. The highest BCUT2D eigenvalue weighted by Crippen LogP contribution is 2.17. The topological polar surface area (TPSA) is 124 Å². The van der Waals surface area contributed by atoms with Gasteiger partial charge in [-0.1, -0.05) is 54.6 Å². The monoisotopic (exact) mass is 453 g/mol. The zero-order valence-corrected chi connectivity index (χ0v) is 18.6. The molecule has 3 rings (SSSR count). The first-order valence-corrected chi connectivity index (χ1v) is 10.8. The second-order valence-electron chi connectivity index (χ2n) is 7.77. The second-order valence-corrected chi connectivity index (χ2v) is 7.77. The summed E-state index contributed by atoms with van der Waals surface area (Å²) in [5.74, 6) is -2.72. The minimum atomic E-state index is -1.26. The van der Waals surface area contributed by atoms with E-state index in [-0.39, 0.29) is 5.91 Å². The van der Waals surface area contributed by atoms with Crippen molar-refractivity contribution >= 4 is 17.8 Å². The number of nitrogens with two attached hydrogens (primary N) is 1. The predicted octanol–water partition coefficient (Wildman–Crippen LogP) is 1.98. The molecular weight excluding hydrogens is 422 g/mol. The summed E-state index contributed by atoms with van der Waals surface area (Å²) in [6.07, 6.45) is 2.56. The molecule has 0 unspecified atom stereocenters. The summed E-state index contributed by atoms with van der Waals surface area (Å²) in [6.45, 7) is 5.87. The van der Waals surface area contributed by atoms with Gasteiger partial charge in [-0.05, 0) is 23.1 Å². The molecule has 176 valence electrons. The van der Waals surface area contributed by atoms with Crippen LogP contribution in [0.15, 0.2) is 66.7 Å². The van der Waals surface area contributed by atoms with Crippen molar-refractivity contribution in [3.05, 3.63) is 83.4 Å². The Bertz CT molecular complexity index is 922. The van der Waals surface area contributed by atoms with E-state index in [2.05, 4.69) is 64.4 Å². The number of amides is 1. The highest BCUT2D eigenvalue weighted by atomic mass is 16.4. The molecule has 1 fully saturated rings. The molecule has 2 aromatic rings. The van der Waals surface area contributed by atoms with Crippen molar-refractivity contribution in [1.82, 2.24) is 9.80 Å². The third-order valence-corrected chi connectivity index (χ3v) is 5.26. The van der Waals surface area contributed by atoms with Crippen LogP contribution in [-0.2, 0) is 27.3 Å². The molecule has 0 atom stereocenters. The average Bonchev–Trinajstić information content (AvgIpc) is 2.80. The SMILES string of the molecule is NC(=O)CCN1CCN(Cc2ccccc2Cc2ccccc2)CC1.O=C(O)/C=C\C(=O)O. The number of hydrogen-bond donors (Lipinski definition) is 3. The van der Waals surface area contributed by atoms with Crippen LogP contribution in [0.1, 0.15) is 23.1 Å². The van der Waals surface area contributed by atoms with E-state index in [0.717, 1.165) is 45.7 Å². The quantitative estimate of drug-likeness (QED) is 0.496. The Balaban J connectivity index is 0.000000414. The molecule has 4 N–H and O–H groups in total. The van der Waals surface area contributed by atoms with Crippen molar-refractivity contribution in [3.63, 3.8) is 0 Å². The summed E-state index contributed by atoms with van der Waals surface area (Å²) >= 11 is 0. The van der Waals surface area contributed by atoms with Crippen LogP contribution >= 0.6 is 0 Å². The fourth-order valence-electron chi connectivity index (χ4n) is 3.52. The number of benzene rings is 2. The van der Waals surface area contributed by atoms with Gasteiger partial charge in [0.2, 0.25) is 5.91 Å². The largest absolute Gasteiger partial charge is 0.478 e. The lowest BCUT2D eigenvalue weighted by Gasteiger charge is -2.34. The van der Waals surface area contributed by atoms with Gasteiger partial charge >= 0.3 is 11.9 Å². The summed E-state index contributed by atoms with van der Waals surface area (Å²) in [6, 6.07) is 19.4. The molecule has 1 aliphatic rings. The van der Waals surface area contributed by atoms with Gasteiger partial charge in [-0.15, -0.1) is 0 Å². The zero-order valence-electron chi connectivity index (χ0n) is 18.6. The lowest BCUT2D eigenvalue weighted by molar-refractivity contribution is -0.134. The second kappa shape index (κ2) is 13.8. The molecule has 0 aromatic heterocycles. The van der Waals surface area contributed by atoms with E-state index in [1.54, 1.807) is 0 Å². The first-order chi connectivity index (χ1) is 15.8. The van der Waals surface area contributed by atoms with Gasteiger partial charge in [0.25, 0.3) is 0 Å². The Morgan fingerprint density at radius 1 is 0.788 bits per heavy atom. The van der Waals surface area contributed by atoms with Gasteiger partial charge in [0, 0.05) is 57.8 Å². The third-order valence-electron chi connectivity index (χ3n) is 5.26. The number of carbonyl (C=O) groups is 3. The molecule has 0 spiro atoms. The fraction of sp³-hybridized carbons (Fsp3) is 0.320. The smallest absolute Gasteiger partial charge is 0.328 e. The summed E-state index contributed by atoms with van der Waals surface area (Å²) in [4.78, 5) is 34.9. The molecule has 1 amide bonds. The fourth-order valence-corrected chi connectivity index (χ4v) is 3.52. The van der Waals surface area contributed by atoms with Gasteiger partial charge in [0.1, 0.15) is 0 Å². The molecule has 1 aliphatic heterocycles. The number of carboxylic acid groups (broad SMARTS) is 2. The predicted molar refractivity (Wildman–Crippen MR) is 126 cm³/mol. The van der Waals surface area contributed by atoms with Gasteiger partial charge in [-0.3, -0.25) is 9.69 Å². The number of carbonyl (C=O) groups excluding carboxylic acids is 1. The summed E-state index contributed by atoms with van der Waals surface area (Å²) in [5.41, 5.74) is 9.42. The van der Waals surface area contributed by atoms with Gasteiger partial charge in [-0.25, -0.2) is 9.59 Å². The number of carboxylic acids is 2. The molecule has 33 heavy (non-hydrogen) atoms. The van der Waals surface area contributed by atoms with Gasteiger partial charge in [-0.2, -0.15) is 0 Å². The first kappa shape index (κ1) is 25.8. The Labute approximate surface area is 193 Å². The lowest BCUT2D eigenvalue weighted by atomic mass is 9.99. The number of nitrogens with zero attached hydrogens (tertiary/aromatic N) is 2. The molecule has 8 nitrogen and oxygen atoms in total. The number of primary amides is 1. The van der Waals surface area contributed by atoms with Crippen molar-refractivity contribution in [2.24, 2.45) is 5.73 Å². The summed E-state index contributed by atoms with van der Waals surface area (Å²) in [5, 5.41) is 15.6. The van der Waals surface area contributed by atoms with Gasteiger partial charge in [0.15, 0.2) is 0 Å². The molecule has 1 heterocycles. The number of rotatable bonds is 9.